The molecule has 0 aliphatic carbocycles. The van der Waals surface area contributed by atoms with E-state index in [1.165, 1.54) is 6.07 Å². The van der Waals surface area contributed by atoms with Crippen LogP contribution in [0.5, 0.6) is 11.5 Å². The second kappa shape index (κ2) is 7.77. The summed E-state index contributed by atoms with van der Waals surface area (Å²) in [4.78, 5) is 35.2. The summed E-state index contributed by atoms with van der Waals surface area (Å²) in [6.07, 6.45) is 1.71. The van der Waals surface area contributed by atoms with Crippen LogP contribution in [0, 0.1) is 6.92 Å². The fourth-order valence-electron chi connectivity index (χ4n) is 3.45. The van der Waals surface area contributed by atoms with Crippen LogP contribution in [0.15, 0.2) is 21.3 Å². The Morgan fingerprint density at radius 3 is 2.72 bits per heavy atom. The molecule has 0 spiro atoms. The zero-order valence-electron chi connectivity index (χ0n) is 17.0. The van der Waals surface area contributed by atoms with Gasteiger partial charge in [-0.3, -0.25) is 4.79 Å². The Balaban J connectivity index is 1.96. The van der Waals surface area contributed by atoms with E-state index in [0.29, 0.717) is 34.5 Å². The van der Waals surface area contributed by atoms with Gasteiger partial charge in [0.05, 0.1) is 5.39 Å². The predicted molar refractivity (Wildman–Crippen MR) is 106 cm³/mol. The summed E-state index contributed by atoms with van der Waals surface area (Å²) >= 11 is 0. The van der Waals surface area contributed by atoms with Gasteiger partial charge in [-0.1, -0.05) is 6.92 Å². The summed E-state index contributed by atoms with van der Waals surface area (Å²) in [6.45, 7) is 7.00. The van der Waals surface area contributed by atoms with Gasteiger partial charge in [0.2, 0.25) is 0 Å². The number of carbonyl (C=O) groups excluding carboxylic acids is 1. The Bertz CT molecular complexity index is 1020. The molecule has 1 unspecified atom stereocenters. The van der Waals surface area contributed by atoms with Crippen LogP contribution in [0.3, 0.4) is 0 Å². The number of rotatable bonds is 6. The molecule has 29 heavy (non-hydrogen) atoms. The van der Waals surface area contributed by atoms with Crippen molar-refractivity contribution in [3.63, 3.8) is 0 Å². The molecule has 1 atom stereocenters. The lowest BCUT2D eigenvalue weighted by Crippen LogP contribution is -2.42. The van der Waals surface area contributed by atoms with Gasteiger partial charge in [0, 0.05) is 17.7 Å². The molecule has 0 saturated carbocycles. The molecule has 2 aromatic rings. The van der Waals surface area contributed by atoms with Crippen molar-refractivity contribution in [2.45, 2.75) is 58.6 Å². The van der Waals surface area contributed by atoms with E-state index in [2.05, 4.69) is 5.32 Å². The molecule has 0 fully saturated rings. The Morgan fingerprint density at radius 2 is 2.07 bits per heavy atom. The van der Waals surface area contributed by atoms with Crippen molar-refractivity contribution in [2.75, 3.05) is 6.61 Å². The first-order valence-corrected chi connectivity index (χ1v) is 9.55. The minimum Gasteiger partial charge on any atom is -0.487 e. The summed E-state index contributed by atoms with van der Waals surface area (Å²) < 4.78 is 17.2. The number of carboxylic acids is 1. The third kappa shape index (κ3) is 4.36. The van der Waals surface area contributed by atoms with E-state index in [0.717, 1.165) is 12.0 Å². The maximum atomic E-state index is 12.2. The lowest BCUT2D eigenvalue weighted by atomic mass is 9.92. The standard InChI is InChI=1S/C21H25NO7/c1-5-13(20(25)26)22-16(23)10-27-15-9-14-12(6-7-21(3,4)29-14)19-18(15)11(2)8-17(24)28-19/h8-9,13H,5-7,10H2,1-4H3,(H,22,23)(H,25,26). The van der Waals surface area contributed by atoms with E-state index in [9.17, 15) is 14.4 Å². The number of hydrogen-bond acceptors (Lipinski definition) is 6. The number of benzene rings is 1. The van der Waals surface area contributed by atoms with Crippen molar-refractivity contribution in [3.8, 4) is 11.5 Å². The Labute approximate surface area is 167 Å². The molecule has 1 aliphatic rings. The number of ether oxygens (including phenoxy) is 2. The topological polar surface area (TPSA) is 115 Å². The summed E-state index contributed by atoms with van der Waals surface area (Å²) in [5.41, 5.74) is 1.01. The summed E-state index contributed by atoms with van der Waals surface area (Å²) in [5.74, 6) is -0.763. The van der Waals surface area contributed by atoms with E-state index in [-0.39, 0.29) is 18.6 Å². The van der Waals surface area contributed by atoms with Crippen LogP contribution in [0.2, 0.25) is 0 Å². The van der Waals surface area contributed by atoms with Gasteiger partial charge >= 0.3 is 11.6 Å². The Morgan fingerprint density at radius 1 is 1.34 bits per heavy atom. The fraction of sp³-hybridized carbons (Fsp3) is 0.476. The van der Waals surface area contributed by atoms with Gasteiger partial charge in [-0.25, -0.2) is 9.59 Å². The van der Waals surface area contributed by atoms with Crippen molar-refractivity contribution in [1.29, 1.82) is 0 Å². The minimum absolute atomic E-state index is 0.260. The lowest BCUT2D eigenvalue weighted by Gasteiger charge is -2.33. The number of carboxylic acid groups (broad SMARTS) is 1. The first-order chi connectivity index (χ1) is 13.6. The number of carbonyl (C=O) groups is 2. The molecule has 1 aromatic carbocycles. The highest BCUT2D eigenvalue weighted by Gasteiger charge is 2.30. The van der Waals surface area contributed by atoms with E-state index in [4.69, 9.17) is 19.0 Å². The van der Waals surface area contributed by atoms with Gasteiger partial charge in [-0.15, -0.1) is 0 Å². The molecular weight excluding hydrogens is 378 g/mol. The summed E-state index contributed by atoms with van der Waals surface area (Å²) in [7, 11) is 0. The van der Waals surface area contributed by atoms with Crippen LogP contribution in [0.4, 0.5) is 0 Å². The molecule has 2 N–H and O–H groups in total. The molecule has 0 bridgehead atoms. The quantitative estimate of drug-likeness (QED) is 0.712. The van der Waals surface area contributed by atoms with Crippen LogP contribution in [0.25, 0.3) is 11.0 Å². The Hall–Kier alpha value is -3.03. The van der Waals surface area contributed by atoms with Crippen molar-refractivity contribution < 1.29 is 28.6 Å². The molecule has 3 rings (SSSR count). The molecule has 1 aliphatic heterocycles. The van der Waals surface area contributed by atoms with Crippen molar-refractivity contribution in [3.05, 3.63) is 33.7 Å². The molecule has 8 nitrogen and oxygen atoms in total. The first kappa shape index (κ1) is 20.7. The van der Waals surface area contributed by atoms with Gasteiger partial charge in [0.1, 0.15) is 28.7 Å². The van der Waals surface area contributed by atoms with E-state index >= 15 is 0 Å². The monoisotopic (exact) mass is 403 g/mol. The fourth-order valence-corrected chi connectivity index (χ4v) is 3.45. The zero-order valence-corrected chi connectivity index (χ0v) is 17.0. The molecular formula is C21H25NO7. The molecule has 0 saturated heterocycles. The normalized spacial score (nSPS) is 15.9. The maximum absolute atomic E-state index is 12.2. The average Bonchev–Trinajstić information content (AvgIpc) is 2.62. The average molecular weight is 403 g/mol. The number of aliphatic carboxylic acids is 1. The number of fused-ring (bicyclic) bond motifs is 3. The number of aryl methyl sites for hydroxylation is 2. The van der Waals surface area contributed by atoms with Crippen LogP contribution >= 0.6 is 0 Å². The highest BCUT2D eigenvalue weighted by Crippen LogP contribution is 2.42. The van der Waals surface area contributed by atoms with Crippen molar-refractivity contribution in [2.24, 2.45) is 0 Å². The molecule has 1 aromatic heterocycles. The van der Waals surface area contributed by atoms with Gasteiger partial charge in [-0.2, -0.15) is 0 Å². The number of amides is 1. The van der Waals surface area contributed by atoms with Crippen LogP contribution in [-0.4, -0.2) is 35.2 Å². The third-order valence-corrected chi connectivity index (χ3v) is 5.00. The molecule has 1 amide bonds. The SMILES string of the molecule is CCC(NC(=O)COc1cc2c(c3oc(=O)cc(C)c13)CCC(C)(C)O2)C(=O)O. The summed E-state index contributed by atoms with van der Waals surface area (Å²) in [5, 5.41) is 12.1. The summed E-state index contributed by atoms with van der Waals surface area (Å²) in [6, 6.07) is 2.09. The van der Waals surface area contributed by atoms with Crippen LogP contribution in [0.1, 0.15) is 44.7 Å². The smallest absolute Gasteiger partial charge is 0.336 e. The van der Waals surface area contributed by atoms with Gasteiger partial charge in [0.25, 0.3) is 5.91 Å². The van der Waals surface area contributed by atoms with Gasteiger partial charge in [0.15, 0.2) is 6.61 Å². The largest absolute Gasteiger partial charge is 0.487 e. The molecule has 156 valence electrons. The predicted octanol–water partition coefficient (Wildman–Crippen LogP) is 2.56. The zero-order chi connectivity index (χ0) is 21.3. The Kier molecular flexibility index (Phi) is 5.55. The van der Waals surface area contributed by atoms with E-state index < -0.39 is 23.5 Å². The molecule has 8 heteroatoms. The molecule has 2 heterocycles. The second-order valence-electron chi connectivity index (χ2n) is 7.82. The van der Waals surface area contributed by atoms with E-state index in [1.54, 1.807) is 19.9 Å². The van der Waals surface area contributed by atoms with Crippen LogP contribution < -0.4 is 20.4 Å². The minimum atomic E-state index is -1.10. The maximum Gasteiger partial charge on any atom is 0.336 e. The van der Waals surface area contributed by atoms with Crippen molar-refractivity contribution in [1.82, 2.24) is 5.32 Å². The lowest BCUT2D eigenvalue weighted by molar-refractivity contribution is -0.142. The highest BCUT2D eigenvalue weighted by molar-refractivity contribution is 5.92. The van der Waals surface area contributed by atoms with Gasteiger partial charge < -0.3 is 24.3 Å². The number of nitrogens with one attached hydrogen (secondary N) is 1. The first-order valence-electron chi connectivity index (χ1n) is 9.55. The molecule has 0 radical (unpaired) electrons. The number of hydrogen-bond donors (Lipinski definition) is 2. The van der Waals surface area contributed by atoms with Crippen molar-refractivity contribution >= 4 is 22.8 Å². The third-order valence-electron chi connectivity index (χ3n) is 5.00. The second-order valence-corrected chi connectivity index (χ2v) is 7.82. The highest BCUT2D eigenvalue weighted by atomic mass is 16.5. The van der Waals surface area contributed by atoms with Crippen LogP contribution in [-0.2, 0) is 16.0 Å². The van der Waals surface area contributed by atoms with Gasteiger partial charge in [-0.05, 0) is 45.6 Å². The van der Waals surface area contributed by atoms with E-state index in [1.807, 2.05) is 13.8 Å².